The molecule has 2 saturated heterocycles. The van der Waals surface area contributed by atoms with Crippen molar-refractivity contribution < 1.29 is 9.59 Å². The Morgan fingerprint density at radius 1 is 1.24 bits per heavy atom. The van der Waals surface area contributed by atoms with Gasteiger partial charge in [0.15, 0.2) is 18.2 Å². The zero-order chi connectivity index (χ0) is 20.5. The van der Waals surface area contributed by atoms with Gasteiger partial charge < -0.3 is 14.7 Å². The number of likely N-dealkylation sites (N-methyl/N-ethyl adjacent to an activating group) is 1. The molecule has 3 aliphatic heterocycles. The van der Waals surface area contributed by atoms with E-state index >= 15 is 0 Å². The van der Waals surface area contributed by atoms with Crippen molar-refractivity contribution in [3.05, 3.63) is 47.5 Å². The van der Waals surface area contributed by atoms with Crippen LogP contribution < -0.4 is 5.32 Å². The fourth-order valence-electron chi connectivity index (χ4n) is 4.07. The Hall–Kier alpha value is -2.58. The number of nitrogens with zero attached hydrogens (tertiary/aromatic N) is 5. The van der Waals surface area contributed by atoms with Gasteiger partial charge in [0.25, 0.3) is 5.91 Å². The summed E-state index contributed by atoms with van der Waals surface area (Å²) < 4.78 is 0. The lowest BCUT2D eigenvalue weighted by molar-refractivity contribution is -0.127. The molecule has 8 nitrogen and oxygen atoms in total. The first-order chi connectivity index (χ1) is 14.0. The minimum Gasteiger partial charge on any atom is -0.340 e. The van der Waals surface area contributed by atoms with Crippen LogP contribution in [0, 0.1) is 0 Å². The Kier molecular flexibility index (Phi) is 5.47. The molecule has 3 amide bonds. The largest absolute Gasteiger partial charge is 0.340 e. The SMILES string of the molecule is C=CCN1CCN(C2=NC3C(C(=O)NC(=O)N3C)N2Cc2ccccc2Cl)CC1. The number of halogens is 1. The van der Waals surface area contributed by atoms with Crippen LogP contribution in [0.15, 0.2) is 41.9 Å². The van der Waals surface area contributed by atoms with E-state index in [1.165, 1.54) is 4.90 Å². The van der Waals surface area contributed by atoms with Gasteiger partial charge in [-0.1, -0.05) is 35.9 Å². The third kappa shape index (κ3) is 3.70. The third-order valence-electron chi connectivity index (χ3n) is 5.68. The van der Waals surface area contributed by atoms with E-state index in [0.29, 0.717) is 11.6 Å². The van der Waals surface area contributed by atoms with E-state index in [-0.39, 0.29) is 5.91 Å². The van der Waals surface area contributed by atoms with Crippen molar-refractivity contribution in [3.63, 3.8) is 0 Å². The Labute approximate surface area is 175 Å². The topological polar surface area (TPSA) is 71.5 Å². The van der Waals surface area contributed by atoms with Crippen molar-refractivity contribution in [1.82, 2.24) is 24.9 Å². The van der Waals surface area contributed by atoms with E-state index in [1.54, 1.807) is 7.05 Å². The lowest BCUT2D eigenvalue weighted by atomic mass is 10.1. The van der Waals surface area contributed by atoms with Gasteiger partial charge in [-0.25, -0.2) is 9.79 Å². The highest BCUT2D eigenvalue weighted by Crippen LogP contribution is 2.29. The summed E-state index contributed by atoms with van der Waals surface area (Å²) in [5, 5.41) is 3.09. The molecule has 9 heteroatoms. The monoisotopic (exact) mass is 416 g/mol. The number of hydrogen-bond donors (Lipinski definition) is 1. The van der Waals surface area contributed by atoms with Crippen molar-refractivity contribution in [2.24, 2.45) is 4.99 Å². The van der Waals surface area contributed by atoms with Gasteiger partial charge in [0.1, 0.15) is 0 Å². The number of carbonyl (C=O) groups excluding carboxylic acids is 2. The van der Waals surface area contributed by atoms with E-state index in [9.17, 15) is 9.59 Å². The summed E-state index contributed by atoms with van der Waals surface area (Å²) in [7, 11) is 1.67. The fourth-order valence-corrected chi connectivity index (χ4v) is 4.26. The highest BCUT2D eigenvalue weighted by atomic mass is 35.5. The van der Waals surface area contributed by atoms with Gasteiger partial charge in [-0.15, -0.1) is 6.58 Å². The average molecular weight is 417 g/mol. The molecule has 2 fully saturated rings. The van der Waals surface area contributed by atoms with E-state index in [1.807, 2.05) is 35.2 Å². The number of fused-ring (bicyclic) bond motifs is 1. The van der Waals surface area contributed by atoms with Crippen LogP contribution in [-0.4, -0.2) is 89.5 Å². The minimum absolute atomic E-state index is 0.325. The third-order valence-corrected chi connectivity index (χ3v) is 6.05. The first kappa shape index (κ1) is 19.7. The number of hydrogen-bond acceptors (Lipinski definition) is 6. The molecule has 0 aliphatic carbocycles. The summed E-state index contributed by atoms with van der Waals surface area (Å²) in [6, 6.07) is 6.60. The minimum atomic E-state index is -0.574. The molecule has 4 rings (SSSR count). The second-order valence-corrected chi connectivity index (χ2v) is 7.90. The molecule has 0 radical (unpaired) electrons. The van der Waals surface area contributed by atoms with Crippen molar-refractivity contribution in [2.45, 2.75) is 18.8 Å². The first-order valence-corrected chi connectivity index (χ1v) is 10.1. The van der Waals surface area contributed by atoms with Crippen molar-refractivity contribution in [3.8, 4) is 0 Å². The summed E-state index contributed by atoms with van der Waals surface area (Å²) in [6.45, 7) is 8.48. The smallest absolute Gasteiger partial charge is 0.325 e. The average Bonchev–Trinajstić information content (AvgIpc) is 3.09. The van der Waals surface area contributed by atoms with E-state index < -0.39 is 18.2 Å². The highest BCUT2D eigenvalue weighted by Gasteiger charge is 2.49. The summed E-state index contributed by atoms with van der Waals surface area (Å²) in [6.07, 6.45) is 1.37. The second-order valence-electron chi connectivity index (χ2n) is 7.49. The molecular weight excluding hydrogens is 392 g/mol. The maximum Gasteiger partial charge on any atom is 0.325 e. The van der Waals surface area contributed by atoms with Crippen LogP contribution in [-0.2, 0) is 11.3 Å². The standard InChI is InChI=1S/C20H25ClN6O2/c1-3-8-25-9-11-26(12-10-25)19-22-17-16(18(28)23-20(29)24(17)2)27(19)13-14-6-4-5-7-15(14)21/h3-7,16-17H,1,8-13H2,2H3,(H,23,28,29). The number of piperazine rings is 1. The predicted molar refractivity (Wildman–Crippen MR) is 112 cm³/mol. The Morgan fingerprint density at radius 2 is 1.97 bits per heavy atom. The lowest BCUT2D eigenvalue weighted by Gasteiger charge is -2.40. The molecular formula is C20H25ClN6O2. The van der Waals surface area contributed by atoms with Gasteiger partial charge in [-0.3, -0.25) is 15.0 Å². The van der Waals surface area contributed by atoms with Crippen LogP contribution in [0.3, 0.4) is 0 Å². The number of carbonyl (C=O) groups is 2. The summed E-state index contributed by atoms with van der Waals surface area (Å²) in [5.74, 6) is 0.420. The molecule has 1 aromatic carbocycles. The second kappa shape index (κ2) is 8.04. The molecule has 0 bridgehead atoms. The predicted octanol–water partition coefficient (Wildman–Crippen LogP) is 1.19. The number of amides is 3. The van der Waals surface area contributed by atoms with Crippen LogP contribution in [0.4, 0.5) is 4.79 Å². The molecule has 29 heavy (non-hydrogen) atoms. The Bertz CT molecular complexity index is 851. The van der Waals surface area contributed by atoms with Crippen LogP contribution >= 0.6 is 11.6 Å². The van der Waals surface area contributed by atoms with Crippen LogP contribution in [0.5, 0.6) is 0 Å². The van der Waals surface area contributed by atoms with Crippen molar-refractivity contribution in [1.29, 1.82) is 0 Å². The van der Waals surface area contributed by atoms with Gasteiger partial charge in [0.05, 0.1) is 0 Å². The quantitative estimate of drug-likeness (QED) is 0.746. The van der Waals surface area contributed by atoms with Crippen LogP contribution in [0.25, 0.3) is 0 Å². The zero-order valence-corrected chi connectivity index (χ0v) is 17.2. The number of benzene rings is 1. The molecule has 3 heterocycles. The highest BCUT2D eigenvalue weighted by molar-refractivity contribution is 6.31. The van der Waals surface area contributed by atoms with Gasteiger partial charge in [0, 0.05) is 51.3 Å². The normalized spacial score (nSPS) is 25.0. The molecule has 1 aromatic rings. The van der Waals surface area contributed by atoms with E-state index in [4.69, 9.17) is 16.6 Å². The molecule has 154 valence electrons. The Balaban J connectivity index is 1.63. The van der Waals surface area contributed by atoms with Crippen LogP contribution in [0.2, 0.25) is 5.02 Å². The zero-order valence-electron chi connectivity index (χ0n) is 16.4. The van der Waals surface area contributed by atoms with Gasteiger partial charge in [0.2, 0.25) is 0 Å². The molecule has 2 unspecified atom stereocenters. The summed E-state index contributed by atoms with van der Waals surface area (Å²) in [4.78, 5) is 37.7. The number of guanidine groups is 1. The summed E-state index contributed by atoms with van der Waals surface area (Å²) in [5.41, 5.74) is 0.917. The molecule has 1 N–H and O–H groups in total. The maximum atomic E-state index is 12.7. The van der Waals surface area contributed by atoms with Crippen molar-refractivity contribution >= 4 is 29.5 Å². The van der Waals surface area contributed by atoms with Gasteiger partial charge >= 0.3 is 6.03 Å². The molecule has 0 aromatic heterocycles. The van der Waals surface area contributed by atoms with Gasteiger partial charge in [-0.2, -0.15) is 0 Å². The van der Waals surface area contributed by atoms with Gasteiger partial charge in [-0.05, 0) is 11.6 Å². The molecule has 0 saturated carbocycles. The number of nitrogens with one attached hydrogen (secondary N) is 1. The lowest BCUT2D eigenvalue weighted by Crippen LogP contribution is -2.64. The summed E-state index contributed by atoms with van der Waals surface area (Å²) >= 11 is 6.39. The molecule has 3 aliphatic rings. The first-order valence-electron chi connectivity index (χ1n) is 9.73. The van der Waals surface area contributed by atoms with Crippen LogP contribution in [0.1, 0.15) is 5.56 Å². The van der Waals surface area contributed by atoms with Crippen molar-refractivity contribution in [2.75, 3.05) is 39.8 Å². The van der Waals surface area contributed by atoms with E-state index in [2.05, 4.69) is 21.7 Å². The number of aliphatic imine (C=N–C) groups is 1. The number of urea groups is 1. The Morgan fingerprint density at radius 3 is 2.66 bits per heavy atom. The van der Waals surface area contributed by atoms with E-state index in [0.717, 1.165) is 44.2 Å². The molecule has 2 atom stereocenters. The number of rotatable bonds is 4. The number of imide groups is 1. The maximum absolute atomic E-state index is 12.7. The fraction of sp³-hybridized carbons (Fsp3) is 0.450. The molecule has 0 spiro atoms.